The molecule has 2 rings (SSSR count). The van der Waals surface area contributed by atoms with Gasteiger partial charge in [0.15, 0.2) is 9.84 Å². The van der Waals surface area contributed by atoms with Crippen LogP contribution in [0.2, 0.25) is 0 Å². The van der Waals surface area contributed by atoms with Crippen molar-refractivity contribution < 1.29 is 8.42 Å². The fraction of sp³-hybridized carbons (Fsp3) is 0.500. The molecule has 4 heteroatoms. The second-order valence-corrected chi connectivity index (χ2v) is 6.75. The molecule has 16 heavy (non-hydrogen) atoms. The number of sulfone groups is 1. The van der Waals surface area contributed by atoms with Gasteiger partial charge in [0.2, 0.25) is 0 Å². The van der Waals surface area contributed by atoms with Gasteiger partial charge in [-0.15, -0.1) is 0 Å². The zero-order chi connectivity index (χ0) is 12.0. The average molecular weight is 239 g/mol. The van der Waals surface area contributed by atoms with Crippen LogP contribution in [0.15, 0.2) is 23.1 Å². The molecular weight excluding hydrogens is 222 g/mol. The van der Waals surface area contributed by atoms with E-state index in [1.807, 2.05) is 13.0 Å². The number of hydrogen-bond acceptors (Lipinski definition) is 3. The Labute approximate surface area is 96.6 Å². The summed E-state index contributed by atoms with van der Waals surface area (Å²) < 4.78 is 23.0. The van der Waals surface area contributed by atoms with E-state index in [1.54, 1.807) is 12.1 Å². The fourth-order valence-electron chi connectivity index (χ4n) is 2.14. The minimum atomic E-state index is -3.12. The summed E-state index contributed by atoms with van der Waals surface area (Å²) in [6, 6.07) is 5.34. The Kier molecular flexibility index (Phi) is 2.59. The molecule has 0 radical (unpaired) electrons. The first-order chi connectivity index (χ1) is 7.39. The Morgan fingerprint density at radius 1 is 1.38 bits per heavy atom. The maximum Gasteiger partial charge on any atom is 0.175 e. The zero-order valence-electron chi connectivity index (χ0n) is 9.66. The topological polar surface area (TPSA) is 60.2 Å². The molecule has 0 bridgehead atoms. The summed E-state index contributed by atoms with van der Waals surface area (Å²) in [6.45, 7) is 2.61. The van der Waals surface area contributed by atoms with Crippen LogP contribution >= 0.6 is 0 Å². The van der Waals surface area contributed by atoms with Crippen LogP contribution in [-0.4, -0.2) is 21.2 Å². The van der Waals surface area contributed by atoms with Crippen LogP contribution in [0.3, 0.4) is 0 Å². The van der Waals surface area contributed by atoms with Crippen LogP contribution in [0.4, 0.5) is 0 Å². The fourth-order valence-corrected chi connectivity index (χ4v) is 2.78. The molecule has 0 aliphatic heterocycles. The van der Waals surface area contributed by atoms with Crippen molar-refractivity contribution in [2.75, 3.05) is 12.8 Å². The normalized spacial score (nSPS) is 18.4. The first kappa shape index (κ1) is 11.6. The van der Waals surface area contributed by atoms with Crippen molar-refractivity contribution in [3.8, 4) is 0 Å². The van der Waals surface area contributed by atoms with Crippen molar-refractivity contribution in [2.45, 2.75) is 30.1 Å². The predicted octanol–water partition coefficient (Wildman–Crippen LogP) is 1.39. The average Bonchev–Trinajstić information content (AvgIpc) is 2.97. The molecule has 1 aromatic carbocycles. The van der Waals surface area contributed by atoms with E-state index >= 15 is 0 Å². The van der Waals surface area contributed by atoms with Crippen molar-refractivity contribution >= 4 is 9.84 Å². The van der Waals surface area contributed by atoms with Gasteiger partial charge in [0.25, 0.3) is 0 Å². The van der Waals surface area contributed by atoms with E-state index in [2.05, 4.69) is 0 Å². The molecule has 1 aromatic rings. The molecule has 3 nitrogen and oxygen atoms in total. The van der Waals surface area contributed by atoms with E-state index < -0.39 is 9.84 Å². The van der Waals surface area contributed by atoms with Crippen molar-refractivity contribution in [2.24, 2.45) is 5.73 Å². The van der Waals surface area contributed by atoms with Gasteiger partial charge in [-0.3, -0.25) is 0 Å². The largest absolute Gasteiger partial charge is 0.330 e. The van der Waals surface area contributed by atoms with Crippen LogP contribution in [0.5, 0.6) is 0 Å². The lowest BCUT2D eigenvalue weighted by Crippen LogP contribution is -2.21. The lowest BCUT2D eigenvalue weighted by Gasteiger charge is -2.16. The number of aryl methyl sites for hydroxylation is 1. The zero-order valence-corrected chi connectivity index (χ0v) is 10.5. The van der Waals surface area contributed by atoms with Crippen LogP contribution < -0.4 is 5.73 Å². The Bertz CT molecular complexity index is 516. The van der Waals surface area contributed by atoms with Gasteiger partial charge in [0.05, 0.1) is 4.90 Å². The Morgan fingerprint density at radius 2 is 2.00 bits per heavy atom. The monoisotopic (exact) mass is 239 g/mol. The van der Waals surface area contributed by atoms with Crippen LogP contribution in [0, 0.1) is 6.92 Å². The van der Waals surface area contributed by atoms with Gasteiger partial charge in [-0.05, 0) is 43.0 Å². The Hall–Kier alpha value is -0.870. The highest BCUT2D eigenvalue weighted by atomic mass is 32.2. The molecule has 1 fully saturated rings. The lowest BCUT2D eigenvalue weighted by atomic mass is 9.92. The third-order valence-corrected chi connectivity index (χ3v) is 4.56. The number of nitrogens with two attached hydrogens (primary N) is 1. The highest BCUT2D eigenvalue weighted by molar-refractivity contribution is 7.90. The minimum Gasteiger partial charge on any atom is -0.330 e. The van der Waals surface area contributed by atoms with E-state index in [9.17, 15) is 8.42 Å². The molecule has 1 saturated carbocycles. The van der Waals surface area contributed by atoms with Gasteiger partial charge in [-0.1, -0.05) is 6.07 Å². The van der Waals surface area contributed by atoms with Crippen molar-refractivity contribution in [1.82, 2.24) is 0 Å². The number of benzene rings is 1. The summed E-state index contributed by atoms with van der Waals surface area (Å²) in [5.41, 5.74) is 8.07. The lowest BCUT2D eigenvalue weighted by molar-refractivity contribution is 0.601. The highest BCUT2D eigenvalue weighted by Crippen LogP contribution is 2.48. The smallest absolute Gasteiger partial charge is 0.175 e. The predicted molar refractivity (Wildman–Crippen MR) is 64.3 cm³/mol. The molecule has 1 aliphatic carbocycles. The summed E-state index contributed by atoms with van der Waals surface area (Å²) >= 11 is 0. The molecule has 2 N–H and O–H groups in total. The van der Waals surface area contributed by atoms with Gasteiger partial charge in [-0.25, -0.2) is 8.42 Å². The molecule has 0 aromatic heterocycles. The second kappa shape index (κ2) is 3.57. The molecule has 0 amide bonds. The van der Waals surface area contributed by atoms with Crippen LogP contribution in [0.25, 0.3) is 0 Å². The maximum atomic E-state index is 11.5. The number of rotatable bonds is 3. The molecule has 0 atom stereocenters. The summed E-state index contributed by atoms with van der Waals surface area (Å²) in [5.74, 6) is 0. The quantitative estimate of drug-likeness (QED) is 0.867. The number of hydrogen-bond donors (Lipinski definition) is 1. The minimum absolute atomic E-state index is 0.0464. The van der Waals surface area contributed by atoms with Gasteiger partial charge in [-0.2, -0.15) is 0 Å². The molecule has 88 valence electrons. The maximum absolute atomic E-state index is 11.5. The van der Waals surface area contributed by atoms with E-state index in [-0.39, 0.29) is 5.41 Å². The van der Waals surface area contributed by atoms with E-state index in [1.165, 1.54) is 6.26 Å². The van der Waals surface area contributed by atoms with Gasteiger partial charge < -0.3 is 5.73 Å². The first-order valence-electron chi connectivity index (χ1n) is 5.40. The highest BCUT2D eigenvalue weighted by Gasteiger charge is 2.43. The van der Waals surface area contributed by atoms with Crippen molar-refractivity contribution in [3.05, 3.63) is 29.3 Å². The van der Waals surface area contributed by atoms with Crippen molar-refractivity contribution in [1.29, 1.82) is 0 Å². The van der Waals surface area contributed by atoms with Crippen LogP contribution in [-0.2, 0) is 15.3 Å². The molecule has 1 aliphatic rings. The van der Waals surface area contributed by atoms with E-state index in [0.717, 1.165) is 24.0 Å². The SMILES string of the molecule is Cc1ccc(S(C)(=O)=O)cc1C1(CN)CC1. The first-order valence-corrected chi connectivity index (χ1v) is 7.29. The van der Waals surface area contributed by atoms with Crippen LogP contribution in [0.1, 0.15) is 24.0 Å². The molecule has 0 saturated heterocycles. The Morgan fingerprint density at radius 3 is 2.44 bits per heavy atom. The second-order valence-electron chi connectivity index (χ2n) is 4.73. The summed E-state index contributed by atoms with van der Waals surface area (Å²) in [7, 11) is -3.12. The van der Waals surface area contributed by atoms with E-state index in [4.69, 9.17) is 5.73 Å². The summed E-state index contributed by atoms with van der Waals surface area (Å²) in [5, 5.41) is 0. The standard InChI is InChI=1S/C12H17NO2S/c1-9-3-4-10(16(2,14)15)7-11(9)12(8-13)5-6-12/h3-4,7H,5-6,8,13H2,1-2H3. The molecular formula is C12H17NO2S. The third kappa shape index (κ3) is 1.87. The molecule has 0 spiro atoms. The molecule has 0 unspecified atom stereocenters. The van der Waals surface area contributed by atoms with Crippen molar-refractivity contribution in [3.63, 3.8) is 0 Å². The van der Waals surface area contributed by atoms with Gasteiger partial charge >= 0.3 is 0 Å². The summed E-state index contributed by atoms with van der Waals surface area (Å²) in [4.78, 5) is 0.396. The van der Waals surface area contributed by atoms with E-state index in [0.29, 0.717) is 11.4 Å². The van der Waals surface area contributed by atoms with Gasteiger partial charge in [0.1, 0.15) is 0 Å². The third-order valence-electron chi connectivity index (χ3n) is 3.45. The molecule has 0 heterocycles. The Balaban J connectivity index is 2.54. The van der Waals surface area contributed by atoms with Gasteiger partial charge in [0, 0.05) is 18.2 Å². The summed E-state index contributed by atoms with van der Waals surface area (Å²) in [6.07, 6.45) is 3.37.